The molecule has 0 aliphatic carbocycles. The van der Waals surface area contributed by atoms with Gasteiger partial charge in [0.25, 0.3) is 0 Å². The van der Waals surface area contributed by atoms with Crippen molar-refractivity contribution in [1.29, 1.82) is 0 Å². The number of halogens is 4. The van der Waals surface area contributed by atoms with Gasteiger partial charge in [0, 0.05) is 28.1 Å². The number of fused-ring (bicyclic) bond motifs is 1. The van der Waals surface area contributed by atoms with Crippen LogP contribution in [0.2, 0.25) is 10.0 Å². The molecule has 1 saturated heterocycles. The lowest BCUT2D eigenvalue weighted by Gasteiger charge is -2.40. The first-order valence-electron chi connectivity index (χ1n) is 13.7. The zero-order chi connectivity index (χ0) is 31.3. The van der Waals surface area contributed by atoms with E-state index in [0.717, 1.165) is 0 Å². The van der Waals surface area contributed by atoms with Gasteiger partial charge in [-0.2, -0.15) is 0 Å². The number of anilines is 1. The number of benzene rings is 3. The largest absolute Gasteiger partial charge is 0.462 e. The number of carbonyl (C=O) groups excluding carboxylic acids is 2. The lowest BCUT2D eigenvalue weighted by Crippen LogP contribution is -2.44. The van der Waals surface area contributed by atoms with Crippen molar-refractivity contribution in [3.8, 4) is 0 Å². The fraction of sp³-hybridized carbons (Fsp3) is 0.344. The second-order valence-electron chi connectivity index (χ2n) is 12.2. The number of aromatic nitrogens is 1. The Morgan fingerprint density at radius 1 is 1.12 bits per heavy atom. The number of esters is 1. The van der Waals surface area contributed by atoms with Gasteiger partial charge in [0.15, 0.2) is 5.58 Å². The van der Waals surface area contributed by atoms with Crippen molar-refractivity contribution in [1.82, 2.24) is 10.3 Å². The molecule has 2 N–H and O–H groups in total. The zero-order valence-corrected chi connectivity index (χ0v) is 25.7. The summed E-state index contributed by atoms with van der Waals surface area (Å²) < 4.78 is 41.7. The molecule has 3 aromatic carbocycles. The Bertz CT molecular complexity index is 1720. The van der Waals surface area contributed by atoms with Crippen LogP contribution in [0.1, 0.15) is 61.8 Å². The molecule has 1 aliphatic rings. The molecule has 2 heterocycles. The zero-order valence-electron chi connectivity index (χ0n) is 24.2. The second kappa shape index (κ2) is 11.5. The highest BCUT2D eigenvalue weighted by molar-refractivity contribution is 6.31. The number of hydrogen-bond donors (Lipinski definition) is 2. The maximum absolute atomic E-state index is 15.8. The monoisotopic (exact) mass is 629 g/mol. The van der Waals surface area contributed by atoms with Crippen LogP contribution in [0, 0.1) is 17.0 Å². The Labute approximate surface area is 257 Å². The molecule has 1 fully saturated rings. The van der Waals surface area contributed by atoms with Crippen molar-refractivity contribution in [3.05, 3.63) is 93.3 Å². The third-order valence-corrected chi connectivity index (χ3v) is 8.55. The third-order valence-electron chi connectivity index (χ3n) is 8.03. The van der Waals surface area contributed by atoms with E-state index in [1.807, 2.05) is 27.7 Å². The van der Waals surface area contributed by atoms with Gasteiger partial charge in [-0.15, -0.1) is 0 Å². The standard InChI is InChI=1S/C32H31Cl2F2N3O4/c1-31(2,3)15-24-32(4,19-11-9-16(33)13-21(19)35)25(18-7-6-8-20(34)26(18)36)27(39-24)28(40)37-17-10-12-23-22(14-17)38-29(43-23)30(41)42-5/h6-14,24-25,27,39H,15H2,1-5H3,(H,37,40)/t24-,25-,27+,32-/m0/s1. The van der Waals surface area contributed by atoms with Crippen LogP contribution in [0.3, 0.4) is 0 Å². The number of oxazole rings is 1. The van der Waals surface area contributed by atoms with E-state index in [0.29, 0.717) is 28.8 Å². The van der Waals surface area contributed by atoms with Crippen molar-refractivity contribution in [3.63, 3.8) is 0 Å². The van der Waals surface area contributed by atoms with E-state index in [2.05, 4.69) is 20.4 Å². The SMILES string of the molecule is COC(=O)c1nc2cc(NC(=O)[C@@H]3N[C@@H](CC(C)(C)C)[C@](C)(c4ccc(Cl)cc4F)[C@H]3c3cccc(Cl)c3F)ccc2o1. The Morgan fingerprint density at radius 2 is 1.86 bits per heavy atom. The molecule has 1 aromatic heterocycles. The number of ether oxygens (including phenoxy) is 1. The third kappa shape index (κ3) is 5.86. The summed E-state index contributed by atoms with van der Waals surface area (Å²) in [6.45, 7) is 7.99. The van der Waals surface area contributed by atoms with Crippen LogP contribution >= 0.6 is 23.2 Å². The molecule has 4 atom stereocenters. The average molecular weight is 631 g/mol. The van der Waals surface area contributed by atoms with Gasteiger partial charge in [0.05, 0.1) is 18.2 Å². The van der Waals surface area contributed by atoms with Crippen LogP contribution in [0.4, 0.5) is 14.5 Å². The molecule has 0 bridgehead atoms. The Balaban J connectivity index is 1.62. The van der Waals surface area contributed by atoms with Crippen molar-refractivity contribution in [2.45, 2.75) is 57.5 Å². The molecule has 4 aromatic rings. The van der Waals surface area contributed by atoms with Crippen molar-refractivity contribution in [2.24, 2.45) is 5.41 Å². The summed E-state index contributed by atoms with van der Waals surface area (Å²) in [5, 5.41) is 6.45. The van der Waals surface area contributed by atoms with E-state index < -0.39 is 46.9 Å². The molecule has 0 spiro atoms. The summed E-state index contributed by atoms with van der Waals surface area (Å²) >= 11 is 12.4. The highest BCUT2D eigenvalue weighted by Crippen LogP contribution is 2.53. The normalized spacial score (nSPS) is 22.1. The van der Waals surface area contributed by atoms with E-state index in [9.17, 15) is 9.59 Å². The molecule has 7 nitrogen and oxygen atoms in total. The van der Waals surface area contributed by atoms with Gasteiger partial charge < -0.3 is 19.8 Å². The first-order valence-corrected chi connectivity index (χ1v) is 14.4. The van der Waals surface area contributed by atoms with Crippen LogP contribution in [0.25, 0.3) is 11.1 Å². The maximum Gasteiger partial charge on any atom is 0.394 e. The van der Waals surface area contributed by atoms with Crippen molar-refractivity contribution >= 4 is 51.9 Å². The number of nitrogens with one attached hydrogen (secondary N) is 2. The molecule has 0 radical (unpaired) electrons. The Kier molecular flexibility index (Phi) is 8.28. The molecule has 11 heteroatoms. The van der Waals surface area contributed by atoms with Gasteiger partial charge in [-0.1, -0.05) is 69.1 Å². The number of carbonyl (C=O) groups is 2. The number of methoxy groups -OCH3 is 1. The molecular weight excluding hydrogens is 599 g/mol. The van der Waals surface area contributed by atoms with Crippen LogP contribution in [-0.4, -0.2) is 36.1 Å². The predicted octanol–water partition coefficient (Wildman–Crippen LogP) is 7.66. The minimum atomic E-state index is -1.11. The minimum Gasteiger partial charge on any atom is -0.462 e. The number of nitrogens with zero attached hydrogens (tertiary/aromatic N) is 1. The van der Waals surface area contributed by atoms with Crippen molar-refractivity contribution in [2.75, 3.05) is 12.4 Å². The summed E-state index contributed by atoms with van der Waals surface area (Å²) in [6.07, 6.45) is 0.537. The molecule has 1 amide bonds. The molecule has 43 heavy (non-hydrogen) atoms. The highest BCUT2D eigenvalue weighted by Gasteiger charge is 2.57. The molecule has 0 saturated carbocycles. The average Bonchev–Trinajstić information content (AvgIpc) is 3.48. The van der Waals surface area contributed by atoms with E-state index in [1.54, 1.807) is 42.5 Å². The molecule has 1 aliphatic heterocycles. The van der Waals surface area contributed by atoms with Gasteiger partial charge in [0.2, 0.25) is 5.91 Å². The lowest BCUT2D eigenvalue weighted by molar-refractivity contribution is -0.118. The quantitative estimate of drug-likeness (QED) is 0.213. The highest BCUT2D eigenvalue weighted by atomic mass is 35.5. The van der Waals surface area contributed by atoms with Crippen LogP contribution in [-0.2, 0) is 14.9 Å². The number of amides is 1. The van der Waals surface area contributed by atoms with E-state index in [-0.39, 0.29) is 26.9 Å². The van der Waals surface area contributed by atoms with Crippen LogP contribution < -0.4 is 10.6 Å². The van der Waals surface area contributed by atoms with Crippen molar-refractivity contribution < 1.29 is 27.5 Å². The second-order valence-corrected chi connectivity index (χ2v) is 13.0. The topological polar surface area (TPSA) is 93.5 Å². The molecular formula is C32H31Cl2F2N3O4. The van der Waals surface area contributed by atoms with E-state index >= 15 is 8.78 Å². The number of rotatable bonds is 6. The van der Waals surface area contributed by atoms with Gasteiger partial charge in [-0.3, -0.25) is 4.79 Å². The summed E-state index contributed by atoms with van der Waals surface area (Å²) in [7, 11) is 1.22. The van der Waals surface area contributed by atoms with Crippen LogP contribution in [0.5, 0.6) is 0 Å². The fourth-order valence-corrected chi connectivity index (χ4v) is 6.44. The molecule has 226 valence electrons. The summed E-state index contributed by atoms with van der Waals surface area (Å²) in [5.41, 5.74) is 0.163. The molecule has 0 unspecified atom stereocenters. The van der Waals surface area contributed by atoms with Gasteiger partial charge in [-0.25, -0.2) is 18.6 Å². The van der Waals surface area contributed by atoms with E-state index in [4.69, 9.17) is 27.6 Å². The lowest BCUT2D eigenvalue weighted by atomic mass is 9.63. The first-order chi connectivity index (χ1) is 20.2. The summed E-state index contributed by atoms with van der Waals surface area (Å²) in [4.78, 5) is 30.1. The van der Waals surface area contributed by atoms with Crippen LogP contribution in [0.15, 0.2) is 59.0 Å². The Hall–Kier alpha value is -3.53. The molecule has 5 rings (SSSR count). The smallest absolute Gasteiger partial charge is 0.394 e. The van der Waals surface area contributed by atoms with Gasteiger partial charge in [0.1, 0.15) is 17.2 Å². The van der Waals surface area contributed by atoms with Gasteiger partial charge in [-0.05, 0) is 59.4 Å². The minimum absolute atomic E-state index is 0.104. The summed E-state index contributed by atoms with van der Waals surface area (Å²) in [5.74, 6) is -3.54. The van der Waals surface area contributed by atoms with Gasteiger partial charge >= 0.3 is 11.9 Å². The Morgan fingerprint density at radius 3 is 2.53 bits per heavy atom. The first kappa shape index (κ1) is 30.9. The maximum atomic E-state index is 15.8. The summed E-state index contributed by atoms with van der Waals surface area (Å²) in [6, 6.07) is 12.3. The fourth-order valence-electron chi connectivity index (χ4n) is 6.10. The predicted molar refractivity (Wildman–Crippen MR) is 162 cm³/mol. The van der Waals surface area contributed by atoms with E-state index in [1.165, 1.54) is 19.2 Å². The number of hydrogen-bond acceptors (Lipinski definition) is 6.